The maximum atomic E-state index is 10.3. The van der Waals surface area contributed by atoms with Gasteiger partial charge in [-0.25, -0.2) is 4.98 Å². The van der Waals surface area contributed by atoms with Gasteiger partial charge in [0.2, 0.25) is 0 Å². The summed E-state index contributed by atoms with van der Waals surface area (Å²) in [6, 6.07) is 6.40. The lowest BCUT2D eigenvalue weighted by Crippen LogP contribution is -2.20. The van der Waals surface area contributed by atoms with E-state index in [1.165, 1.54) is 0 Å². The molecule has 6 nitrogen and oxygen atoms in total. The van der Waals surface area contributed by atoms with Gasteiger partial charge in [0.05, 0.1) is 23.3 Å². The molecule has 0 unspecified atom stereocenters. The van der Waals surface area contributed by atoms with E-state index in [2.05, 4.69) is 25.6 Å². The number of hydrogen-bond donors (Lipinski definition) is 1. The van der Waals surface area contributed by atoms with Crippen LogP contribution in [0.5, 0.6) is 0 Å². The first kappa shape index (κ1) is 16.0. The number of aromatic nitrogens is 4. The van der Waals surface area contributed by atoms with Crippen molar-refractivity contribution in [2.75, 3.05) is 0 Å². The minimum atomic E-state index is -0.650. The van der Waals surface area contributed by atoms with Gasteiger partial charge in [0, 0.05) is 18.7 Å². The molecule has 25 heavy (non-hydrogen) atoms. The van der Waals surface area contributed by atoms with Crippen molar-refractivity contribution < 1.29 is 5.11 Å². The molecule has 3 heterocycles. The third-order valence-corrected chi connectivity index (χ3v) is 5.24. The van der Waals surface area contributed by atoms with E-state index in [1.807, 2.05) is 12.1 Å². The van der Waals surface area contributed by atoms with Crippen molar-refractivity contribution >= 4 is 22.1 Å². The average molecular weight is 335 g/mol. The predicted molar refractivity (Wildman–Crippen MR) is 94.7 cm³/mol. The molecule has 0 radical (unpaired) electrons. The van der Waals surface area contributed by atoms with Gasteiger partial charge in [-0.2, -0.15) is 5.26 Å². The maximum Gasteiger partial charge on any atom is 0.138 e. The molecule has 1 aliphatic rings. The molecule has 1 fully saturated rings. The lowest BCUT2D eigenvalue weighted by atomic mass is 9.84. The van der Waals surface area contributed by atoms with Crippen LogP contribution >= 0.6 is 0 Å². The highest BCUT2D eigenvalue weighted by molar-refractivity contribution is 5.99. The summed E-state index contributed by atoms with van der Waals surface area (Å²) in [4.78, 5) is 13.6. The third-order valence-electron chi connectivity index (χ3n) is 5.24. The van der Waals surface area contributed by atoms with Crippen molar-refractivity contribution in [3.05, 3.63) is 30.4 Å². The SMILES string of the molecule is C[C@@H](O)c1nc2cnc3cccnc3c2n1[C@H]1CC[C@H](CC#N)CC1. The summed E-state index contributed by atoms with van der Waals surface area (Å²) in [5, 5.41) is 19.2. The molecule has 0 aromatic carbocycles. The molecule has 1 saturated carbocycles. The second-order valence-electron chi connectivity index (χ2n) is 6.92. The van der Waals surface area contributed by atoms with Crippen LogP contribution in [0.4, 0.5) is 0 Å². The zero-order valence-electron chi connectivity index (χ0n) is 14.3. The van der Waals surface area contributed by atoms with E-state index in [-0.39, 0.29) is 6.04 Å². The normalized spacial score (nSPS) is 22.1. The van der Waals surface area contributed by atoms with E-state index in [0.717, 1.165) is 47.8 Å². The van der Waals surface area contributed by atoms with Crippen molar-refractivity contribution in [3.8, 4) is 6.07 Å². The number of fused-ring (bicyclic) bond motifs is 3. The topological polar surface area (TPSA) is 87.6 Å². The Labute approximate surface area is 146 Å². The monoisotopic (exact) mass is 335 g/mol. The first-order valence-corrected chi connectivity index (χ1v) is 8.85. The number of aliphatic hydroxyl groups excluding tert-OH is 1. The average Bonchev–Trinajstić information content (AvgIpc) is 3.03. The van der Waals surface area contributed by atoms with Gasteiger partial charge in [-0.05, 0) is 50.7 Å². The Kier molecular flexibility index (Phi) is 4.10. The molecular weight excluding hydrogens is 314 g/mol. The van der Waals surface area contributed by atoms with Crippen LogP contribution in [0.2, 0.25) is 0 Å². The van der Waals surface area contributed by atoms with E-state index in [0.29, 0.717) is 18.2 Å². The first-order chi connectivity index (χ1) is 12.2. The Bertz CT molecular complexity index is 947. The summed E-state index contributed by atoms with van der Waals surface area (Å²) >= 11 is 0. The van der Waals surface area contributed by atoms with Crippen LogP contribution in [0, 0.1) is 17.2 Å². The highest BCUT2D eigenvalue weighted by atomic mass is 16.3. The van der Waals surface area contributed by atoms with Gasteiger partial charge >= 0.3 is 0 Å². The van der Waals surface area contributed by atoms with Crippen LogP contribution in [0.3, 0.4) is 0 Å². The van der Waals surface area contributed by atoms with Crippen molar-refractivity contribution in [3.63, 3.8) is 0 Å². The minimum Gasteiger partial charge on any atom is -0.385 e. The second kappa shape index (κ2) is 6.41. The predicted octanol–water partition coefficient (Wildman–Crippen LogP) is 3.68. The Balaban J connectivity index is 1.85. The van der Waals surface area contributed by atoms with Crippen molar-refractivity contribution in [1.82, 2.24) is 19.5 Å². The Morgan fingerprint density at radius 3 is 2.80 bits per heavy atom. The molecule has 0 saturated heterocycles. The van der Waals surface area contributed by atoms with Crippen LogP contribution in [0.25, 0.3) is 22.1 Å². The number of hydrogen-bond acceptors (Lipinski definition) is 5. The van der Waals surface area contributed by atoms with E-state index in [9.17, 15) is 5.11 Å². The van der Waals surface area contributed by atoms with Gasteiger partial charge < -0.3 is 9.67 Å². The van der Waals surface area contributed by atoms with Crippen LogP contribution in [0.15, 0.2) is 24.5 Å². The quantitative estimate of drug-likeness (QED) is 0.789. The lowest BCUT2D eigenvalue weighted by Gasteiger charge is -2.30. The van der Waals surface area contributed by atoms with Crippen LogP contribution in [-0.2, 0) is 0 Å². The summed E-state index contributed by atoms with van der Waals surface area (Å²) in [5.41, 5.74) is 3.41. The van der Waals surface area contributed by atoms with Gasteiger partial charge in [0.15, 0.2) is 0 Å². The molecule has 3 aromatic heterocycles. The molecule has 128 valence electrons. The Hall–Kier alpha value is -2.52. The zero-order valence-corrected chi connectivity index (χ0v) is 14.3. The molecule has 0 bridgehead atoms. The third kappa shape index (κ3) is 2.75. The number of nitrogens with zero attached hydrogens (tertiary/aromatic N) is 5. The molecule has 1 atom stereocenters. The van der Waals surface area contributed by atoms with Crippen molar-refractivity contribution in [2.24, 2.45) is 5.92 Å². The smallest absolute Gasteiger partial charge is 0.138 e. The van der Waals surface area contributed by atoms with E-state index in [4.69, 9.17) is 5.26 Å². The lowest BCUT2D eigenvalue weighted by molar-refractivity contribution is 0.175. The minimum absolute atomic E-state index is 0.275. The second-order valence-corrected chi connectivity index (χ2v) is 6.92. The van der Waals surface area contributed by atoms with Gasteiger partial charge in [0.1, 0.15) is 23.0 Å². The number of nitriles is 1. The van der Waals surface area contributed by atoms with E-state index in [1.54, 1.807) is 19.3 Å². The summed E-state index contributed by atoms with van der Waals surface area (Å²) in [5.74, 6) is 1.17. The van der Waals surface area contributed by atoms with E-state index < -0.39 is 6.10 Å². The number of rotatable bonds is 3. The number of aliphatic hydroxyl groups is 1. The standard InChI is InChI=1S/C19H21N5O/c1-12(25)19-23-16-11-22-15-3-2-10-21-17(15)18(16)24(19)14-6-4-13(5-7-14)8-9-20/h2-3,10-14,25H,4-8H2,1H3/t12-,13-,14-/m1/s1. The van der Waals surface area contributed by atoms with Crippen LogP contribution in [0.1, 0.15) is 57.0 Å². The van der Waals surface area contributed by atoms with Crippen molar-refractivity contribution in [2.45, 2.75) is 51.2 Å². The highest BCUT2D eigenvalue weighted by Crippen LogP contribution is 2.38. The fourth-order valence-electron chi connectivity index (χ4n) is 4.01. The van der Waals surface area contributed by atoms with E-state index >= 15 is 0 Å². The fourth-order valence-corrected chi connectivity index (χ4v) is 4.01. The first-order valence-electron chi connectivity index (χ1n) is 8.85. The summed E-state index contributed by atoms with van der Waals surface area (Å²) in [6.07, 6.45) is 7.58. The molecule has 4 rings (SSSR count). The molecule has 0 aliphatic heterocycles. The highest BCUT2D eigenvalue weighted by Gasteiger charge is 2.28. The molecule has 6 heteroatoms. The largest absolute Gasteiger partial charge is 0.385 e. The summed E-state index contributed by atoms with van der Waals surface area (Å²) < 4.78 is 2.18. The number of pyridine rings is 2. The van der Waals surface area contributed by atoms with Crippen LogP contribution < -0.4 is 0 Å². The Morgan fingerprint density at radius 1 is 1.28 bits per heavy atom. The zero-order chi connectivity index (χ0) is 17.4. The molecule has 0 spiro atoms. The van der Waals surface area contributed by atoms with Gasteiger partial charge in [0.25, 0.3) is 0 Å². The molecule has 0 amide bonds. The summed E-state index contributed by atoms with van der Waals surface area (Å²) in [6.45, 7) is 1.75. The molecule has 1 N–H and O–H groups in total. The molecule has 1 aliphatic carbocycles. The van der Waals surface area contributed by atoms with Crippen LogP contribution in [-0.4, -0.2) is 24.6 Å². The Morgan fingerprint density at radius 2 is 2.08 bits per heavy atom. The van der Waals surface area contributed by atoms with Gasteiger partial charge in [-0.3, -0.25) is 9.97 Å². The van der Waals surface area contributed by atoms with Gasteiger partial charge in [-0.1, -0.05) is 0 Å². The fraction of sp³-hybridized carbons (Fsp3) is 0.474. The molecule has 3 aromatic rings. The van der Waals surface area contributed by atoms with Crippen molar-refractivity contribution in [1.29, 1.82) is 5.26 Å². The number of imidazole rings is 1. The maximum absolute atomic E-state index is 10.3. The van der Waals surface area contributed by atoms with Gasteiger partial charge in [-0.15, -0.1) is 0 Å². The summed E-state index contributed by atoms with van der Waals surface area (Å²) in [7, 11) is 0. The molecular formula is C19H21N5O.